The maximum Gasteiger partial charge on any atom is 0.335 e. The second-order valence-corrected chi connectivity index (χ2v) is 9.66. The lowest BCUT2D eigenvalue weighted by Gasteiger charge is -2.22. The minimum atomic E-state index is -4.24. The highest BCUT2D eigenvalue weighted by molar-refractivity contribution is 7.83. The standard InChI is InChI=1S/C24H25FN4O4S/c1-28(34(31,32)33)21-12-13-29(15-21)20-9-4-17(5-10-20)24(30)27-23-14-18(6-11-22(23)26)16-2-7-19(25)8-3-16/h2-11,14,21H,12-13,15,26H2,1H3,(H,27,30)(H,31,32,33)/t21-/m1/s1. The van der Waals surface area contributed by atoms with E-state index in [1.54, 1.807) is 54.6 Å². The van der Waals surface area contributed by atoms with Crippen molar-refractivity contribution in [3.63, 3.8) is 0 Å². The lowest BCUT2D eigenvalue weighted by Crippen LogP contribution is -2.38. The van der Waals surface area contributed by atoms with Crippen LogP contribution in [0, 0.1) is 5.82 Å². The second-order valence-electron chi connectivity index (χ2n) is 8.19. The van der Waals surface area contributed by atoms with Gasteiger partial charge in [-0.2, -0.15) is 12.7 Å². The molecule has 0 radical (unpaired) electrons. The monoisotopic (exact) mass is 484 g/mol. The Balaban J connectivity index is 1.45. The number of nitrogens with one attached hydrogen (secondary N) is 1. The van der Waals surface area contributed by atoms with Gasteiger partial charge in [-0.3, -0.25) is 9.35 Å². The summed E-state index contributed by atoms with van der Waals surface area (Å²) in [5.41, 5.74) is 9.77. The summed E-state index contributed by atoms with van der Waals surface area (Å²) in [6, 6.07) is 17.9. The molecule has 1 amide bonds. The number of carbonyl (C=O) groups is 1. The first-order chi connectivity index (χ1) is 16.1. The largest absolute Gasteiger partial charge is 0.397 e. The zero-order valence-corrected chi connectivity index (χ0v) is 19.3. The normalized spacial score (nSPS) is 16.1. The number of nitrogens with zero attached hydrogens (tertiary/aromatic N) is 2. The summed E-state index contributed by atoms with van der Waals surface area (Å²) in [6.45, 7) is 1.07. The van der Waals surface area contributed by atoms with Gasteiger partial charge in [0.05, 0.1) is 11.4 Å². The third kappa shape index (κ3) is 5.19. The van der Waals surface area contributed by atoms with Crippen LogP contribution in [0.3, 0.4) is 0 Å². The van der Waals surface area contributed by atoms with Gasteiger partial charge in [-0.05, 0) is 66.1 Å². The van der Waals surface area contributed by atoms with Gasteiger partial charge in [-0.25, -0.2) is 4.39 Å². The number of hydrogen-bond acceptors (Lipinski definition) is 5. The predicted molar refractivity (Wildman–Crippen MR) is 131 cm³/mol. The van der Waals surface area contributed by atoms with E-state index in [-0.39, 0.29) is 17.8 Å². The molecule has 10 heteroatoms. The zero-order chi connectivity index (χ0) is 24.5. The molecule has 0 spiro atoms. The Morgan fingerprint density at radius 3 is 2.38 bits per heavy atom. The zero-order valence-electron chi connectivity index (χ0n) is 18.5. The van der Waals surface area contributed by atoms with E-state index in [9.17, 15) is 22.2 Å². The van der Waals surface area contributed by atoms with E-state index in [4.69, 9.17) is 5.73 Å². The van der Waals surface area contributed by atoms with E-state index >= 15 is 0 Å². The molecule has 1 aliphatic rings. The van der Waals surface area contributed by atoms with Crippen molar-refractivity contribution >= 4 is 33.3 Å². The highest BCUT2D eigenvalue weighted by Crippen LogP contribution is 2.28. The molecular formula is C24H25FN4O4S. The quantitative estimate of drug-likeness (QED) is 0.363. The molecule has 0 saturated carbocycles. The molecule has 1 saturated heterocycles. The molecule has 4 N–H and O–H groups in total. The number of amides is 1. The minimum absolute atomic E-state index is 0.325. The number of nitrogens with two attached hydrogens (primary N) is 1. The Bertz CT molecular complexity index is 1300. The topological polar surface area (TPSA) is 116 Å². The van der Waals surface area contributed by atoms with E-state index in [1.807, 2.05) is 4.90 Å². The average Bonchev–Trinajstić information content (AvgIpc) is 3.30. The lowest BCUT2D eigenvalue weighted by molar-refractivity contribution is 0.102. The summed E-state index contributed by atoms with van der Waals surface area (Å²) in [6.07, 6.45) is 0.586. The number of nitrogen functional groups attached to an aromatic ring is 1. The van der Waals surface area contributed by atoms with Crippen molar-refractivity contribution < 1.29 is 22.2 Å². The van der Waals surface area contributed by atoms with Crippen molar-refractivity contribution in [1.29, 1.82) is 0 Å². The van der Waals surface area contributed by atoms with Gasteiger partial charge < -0.3 is 16.0 Å². The van der Waals surface area contributed by atoms with Crippen molar-refractivity contribution in [1.82, 2.24) is 4.31 Å². The van der Waals surface area contributed by atoms with Crippen LogP contribution in [0.15, 0.2) is 66.7 Å². The summed E-state index contributed by atoms with van der Waals surface area (Å²) >= 11 is 0. The fourth-order valence-electron chi connectivity index (χ4n) is 3.97. The molecule has 0 aromatic heterocycles. The van der Waals surface area contributed by atoms with E-state index in [0.29, 0.717) is 36.4 Å². The minimum Gasteiger partial charge on any atom is -0.397 e. The molecule has 178 valence electrons. The van der Waals surface area contributed by atoms with Crippen molar-refractivity contribution in [2.45, 2.75) is 12.5 Å². The Morgan fingerprint density at radius 1 is 1.09 bits per heavy atom. The van der Waals surface area contributed by atoms with Crippen molar-refractivity contribution in [2.75, 3.05) is 36.1 Å². The van der Waals surface area contributed by atoms with Crippen LogP contribution < -0.4 is 16.0 Å². The van der Waals surface area contributed by atoms with E-state index < -0.39 is 10.3 Å². The van der Waals surface area contributed by atoms with Gasteiger partial charge >= 0.3 is 10.3 Å². The summed E-state index contributed by atoms with van der Waals surface area (Å²) in [7, 11) is -2.88. The summed E-state index contributed by atoms with van der Waals surface area (Å²) in [5, 5.41) is 2.82. The number of halogens is 1. The maximum atomic E-state index is 13.2. The van der Waals surface area contributed by atoms with Gasteiger partial charge in [0.1, 0.15) is 5.82 Å². The van der Waals surface area contributed by atoms with E-state index in [1.165, 1.54) is 19.2 Å². The van der Waals surface area contributed by atoms with Crippen LogP contribution in [-0.4, -0.2) is 49.4 Å². The molecule has 1 atom stereocenters. The van der Waals surface area contributed by atoms with Crippen molar-refractivity contribution in [3.8, 4) is 11.1 Å². The molecule has 3 aromatic carbocycles. The Morgan fingerprint density at radius 2 is 1.74 bits per heavy atom. The summed E-state index contributed by atoms with van der Waals surface area (Å²) in [4.78, 5) is 14.8. The molecule has 34 heavy (non-hydrogen) atoms. The number of benzene rings is 3. The van der Waals surface area contributed by atoms with Crippen molar-refractivity contribution in [2.24, 2.45) is 0 Å². The van der Waals surface area contributed by atoms with E-state index in [2.05, 4.69) is 5.32 Å². The first-order valence-corrected chi connectivity index (χ1v) is 12.0. The average molecular weight is 485 g/mol. The Hall–Kier alpha value is -3.47. The van der Waals surface area contributed by atoms with Gasteiger partial charge in [-0.1, -0.05) is 18.2 Å². The van der Waals surface area contributed by atoms with Gasteiger partial charge in [0.25, 0.3) is 5.91 Å². The maximum absolute atomic E-state index is 13.2. The molecule has 8 nitrogen and oxygen atoms in total. The molecule has 4 rings (SSSR count). The van der Waals surface area contributed by atoms with Crippen LogP contribution >= 0.6 is 0 Å². The SMILES string of the molecule is CN([C@@H]1CCN(c2ccc(C(=O)Nc3cc(-c4ccc(F)cc4)ccc3N)cc2)C1)S(=O)(=O)O. The Kier molecular flexibility index (Phi) is 6.56. The number of hydrogen-bond donors (Lipinski definition) is 3. The van der Waals surface area contributed by atoms with Crippen LogP contribution in [0.2, 0.25) is 0 Å². The van der Waals surface area contributed by atoms with Crippen LogP contribution in [0.5, 0.6) is 0 Å². The summed E-state index contributed by atoms with van der Waals surface area (Å²) < 4.78 is 46.2. The summed E-state index contributed by atoms with van der Waals surface area (Å²) in [5.74, 6) is -0.661. The molecule has 0 bridgehead atoms. The van der Waals surface area contributed by atoms with E-state index in [0.717, 1.165) is 21.1 Å². The van der Waals surface area contributed by atoms with Crippen LogP contribution in [0.25, 0.3) is 11.1 Å². The number of rotatable bonds is 6. The fourth-order valence-corrected chi connectivity index (χ4v) is 4.51. The van der Waals surface area contributed by atoms with Crippen LogP contribution in [-0.2, 0) is 10.3 Å². The highest BCUT2D eigenvalue weighted by atomic mass is 32.2. The number of anilines is 3. The van der Waals surface area contributed by atoms with Gasteiger partial charge in [0.15, 0.2) is 0 Å². The second kappa shape index (κ2) is 9.41. The molecule has 1 aliphatic heterocycles. The Labute approximate surface area is 197 Å². The van der Waals surface area contributed by atoms with Crippen LogP contribution in [0.1, 0.15) is 16.8 Å². The van der Waals surface area contributed by atoms with Gasteiger partial charge in [0.2, 0.25) is 0 Å². The molecule has 3 aromatic rings. The van der Waals surface area contributed by atoms with Crippen LogP contribution in [0.4, 0.5) is 21.5 Å². The molecule has 0 unspecified atom stereocenters. The molecule has 0 aliphatic carbocycles. The fraction of sp³-hybridized carbons (Fsp3) is 0.208. The smallest absolute Gasteiger partial charge is 0.335 e. The van der Waals surface area contributed by atoms with Gasteiger partial charge in [-0.15, -0.1) is 0 Å². The highest BCUT2D eigenvalue weighted by Gasteiger charge is 2.31. The third-order valence-corrected chi connectivity index (χ3v) is 7.04. The lowest BCUT2D eigenvalue weighted by atomic mass is 10.0. The third-order valence-electron chi connectivity index (χ3n) is 6.02. The van der Waals surface area contributed by atoms with Gasteiger partial charge in [0, 0.05) is 37.4 Å². The number of likely N-dealkylation sites (N-methyl/N-ethyl adjacent to an activating group) is 1. The first-order valence-electron chi connectivity index (χ1n) is 10.6. The molecular weight excluding hydrogens is 459 g/mol. The first kappa shape index (κ1) is 23.7. The number of carbonyl (C=O) groups excluding carboxylic acids is 1. The molecule has 1 fully saturated rings. The van der Waals surface area contributed by atoms with Crippen molar-refractivity contribution in [3.05, 3.63) is 78.1 Å². The molecule has 1 heterocycles. The predicted octanol–water partition coefficient (Wildman–Crippen LogP) is 3.64.